The normalized spacial score (nSPS) is 11.0. The maximum absolute atomic E-state index is 5.22. The summed E-state index contributed by atoms with van der Waals surface area (Å²) in [5.74, 6) is 0. The van der Waals surface area contributed by atoms with Crippen molar-refractivity contribution in [3.63, 3.8) is 0 Å². The monoisotopic (exact) mass is 236 g/mol. The number of thiocarbonyl (C=S) groups is 1. The van der Waals surface area contributed by atoms with Gasteiger partial charge in [-0.1, -0.05) is 19.1 Å². The summed E-state index contributed by atoms with van der Waals surface area (Å²) in [6.07, 6.45) is 1.06. The van der Waals surface area contributed by atoms with Crippen molar-refractivity contribution in [3.8, 4) is 0 Å². The predicted octanol–water partition coefficient (Wildman–Crippen LogP) is 3.33. The molecular formula is C13H20N2S. The smallest absolute Gasteiger partial charge is 0.171 e. The molecule has 0 aliphatic rings. The Hall–Kier alpha value is -1.09. The summed E-state index contributed by atoms with van der Waals surface area (Å²) in [4.78, 5) is 0. The van der Waals surface area contributed by atoms with Crippen molar-refractivity contribution >= 4 is 23.0 Å². The molecule has 0 spiro atoms. The molecule has 1 rings (SSSR count). The van der Waals surface area contributed by atoms with Crippen molar-refractivity contribution in [2.75, 3.05) is 5.32 Å². The van der Waals surface area contributed by atoms with Gasteiger partial charge in [-0.05, 0) is 57.1 Å². The second-order valence-electron chi connectivity index (χ2n) is 4.88. The lowest BCUT2D eigenvalue weighted by molar-refractivity contribution is 0.515. The van der Waals surface area contributed by atoms with Gasteiger partial charge in [0.25, 0.3) is 0 Å². The zero-order chi connectivity index (χ0) is 12.2. The number of hydrogen-bond acceptors (Lipinski definition) is 1. The van der Waals surface area contributed by atoms with Gasteiger partial charge in [-0.25, -0.2) is 0 Å². The Morgan fingerprint density at radius 3 is 2.19 bits per heavy atom. The molecule has 0 heterocycles. The molecule has 2 nitrogen and oxygen atoms in total. The van der Waals surface area contributed by atoms with Crippen LogP contribution in [-0.2, 0) is 6.42 Å². The molecule has 0 saturated carbocycles. The third-order valence-electron chi connectivity index (χ3n) is 2.11. The molecule has 0 aromatic heterocycles. The van der Waals surface area contributed by atoms with Crippen LogP contribution >= 0.6 is 12.2 Å². The van der Waals surface area contributed by atoms with Gasteiger partial charge in [0.1, 0.15) is 0 Å². The van der Waals surface area contributed by atoms with E-state index in [0.29, 0.717) is 5.11 Å². The minimum atomic E-state index is -0.00651. The predicted molar refractivity (Wildman–Crippen MR) is 74.9 cm³/mol. The van der Waals surface area contributed by atoms with Gasteiger partial charge in [-0.2, -0.15) is 0 Å². The van der Waals surface area contributed by atoms with E-state index in [1.54, 1.807) is 0 Å². The van der Waals surface area contributed by atoms with E-state index in [-0.39, 0.29) is 5.54 Å². The third kappa shape index (κ3) is 4.62. The first-order valence-electron chi connectivity index (χ1n) is 5.59. The summed E-state index contributed by atoms with van der Waals surface area (Å²) >= 11 is 5.22. The van der Waals surface area contributed by atoms with Crippen LogP contribution in [0, 0.1) is 0 Å². The molecule has 0 radical (unpaired) electrons. The molecule has 3 heteroatoms. The van der Waals surface area contributed by atoms with Gasteiger partial charge in [0.15, 0.2) is 5.11 Å². The van der Waals surface area contributed by atoms with E-state index in [2.05, 4.69) is 62.6 Å². The summed E-state index contributed by atoms with van der Waals surface area (Å²) in [6.45, 7) is 8.40. The first kappa shape index (κ1) is 13.0. The molecular weight excluding hydrogens is 216 g/mol. The first-order chi connectivity index (χ1) is 7.40. The van der Waals surface area contributed by atoms with Gasteiger partial charge in [0.2, 0.25) is 0 Å². The van der Waals surface area contributed by atoms with Crippen LogP contribution in [-0.4, -0.2) is 10.7 Å². The standard InChI is InChI=1S/C13H20N2S/c1-5-10-6-8-11(9-7-10)14-12(16)15-13(2,3)4/h6-9H,5H2,1-4H3,(H2,14,15,16). The van der Waals surface area contributed by atoms with Gasteiger partial charge in [0.05, 0.1) is 0 Å². The number of benzene rings is 1. The highest BCUT2D eigenvalue weighted by Gasteiger charge is 2.10. The Morgan fingerprint density at radius 1 is 1.19 bits per heavy atom. The van der Waals surface area contributed by atoms with Gasteiger partial charge in [-0.3, -0.25) is 0 Å². The highest BCUT2D eigenvalue weighted by Crippen LogP contribution is 2.10. The van der Waals surface area contributed by atoms with Crippen molar-refractivity contribution in [2.24, 2.45) is 0 Å². The van der Waals surface area contributed by atoms with E-state index in [9.17, 15) is 0 Å². The van der Waals surface area contributed by atoms with Crippen LogP contribution < -0.4 is 10.6 Å². The fourth-order valence-electron chi connectivity index (χ4n) is 1.33. The van der Waals surface area contributed by atoms with Gasteiger partial charge >= 0.3 is 0 Å². The minimum absolute atomic E-state index is 0.00651. The highest BCUT2D eigenvalue weighted by molar-refractivity contribution is 7.80. The van der Waals surface area contributed by atoms with E-state index in [1.807, 2.05) is 0 Å². The van der Waals surface area contributed by atoms with E-state index >= 15 is 0 Å². The Bertz CT molecular complexity index is 349. The van der Waals surface area contributed by atoms with E-state index in [4.69, 9.17) is 12.2 Å². The molecule has 0 bridgehead atoms. The largest absolute Gasteiger partial charge is 0.358 e. The topological polar surface area (TPSA) is 24.1 Å². The van der Waals surface area contributed by atoms with Crippen LogP contribution in [0.5, 0.6) is 0 Å². The first-order valence-corrected chi connectivity index (χ1v) is 5.99. The van der Waals surface area contributed by atoms with Crippen LogP contribution in [0.25, 0.3) is 0 Å². The SMILES string of the molecule is CCc1ccc(NC(=S)NC(C)(C)C)cc1. The average Bonchev–Trinajstić information content (AvgIpc) is 2.16. The lowest BCUT2D eigenvalue weighted by Crippen LogP contribution is -2.42. The molecule has 0 saturated heterocycles. The Kier molecular flexibility index (Phi) is 4.30. The minimum Gasteiger partial charge on any atom is -0.358 e. The molecule has 0 aliphatic heterocycles. The summed E-state index contributed by atoms with van der Waals surface area (Å²) in [5.41, 5.74) is 2.35. The maximum atomic E-state index is 5.22. The fraction of sp³-hybridized carbons (Fsp3) is 0.462. The number of rotatable bonds is 2. The van der Waals surface area contributed by atoms with Crippen molar-refractivity contribution in [2.45, 2.75) is 39.7 Å². The van der Waals surface area contributed by atoms with Crippen molar-refractivity contribution in [1.82, 2.24) is 5.32 Å². The lowest BCUT2D eigenvalue weighted by atomic mass is 10.1. The molecule has 1 aromatic rings. The third-order valence-corrected chi connectivity index (χ3v) is 2.31. The molecule has 0 aliphatic carbocycles. The van der Waals surface area contributed by atoms with E-state index in [1.165, 1.54) is 5.56 Å². The van der Waals surface area contributed by atoms with Crippen LogP contribution in [0.15, 0.2) is 24.3 Å². The number of nitrogens with one attached hydrogen (secondary N) is 2. The highest BCUT2D eigenvalue weighted by atomic mass is 32.1. The summed E-state index contributed by atoms with van der Waals surface area (Å²) in [6, 6.07) is 8.33. The molecule has 0 unspecified atom stereocenters. The zero-order valence-corrected chi connectivity index (χ0v) is 11.2. The van der Waals surface area contributed by atoms with Crippen LogP contribution in [0.2, 0.25) is 0 Å². The molecule has 1 aromatic carbocycles. The fourth-order valence-corrected chi connectivity index (χ4v) is 1.75. The van der Waals surface area contributed by atoms with Crippen molar-refractivity contribution in [3.05, 3.63) is 29.8 Å². The van der Waals surface area contributed by atoms with Crippen LogP contribution in [0.1, 0.15) is 33.3 Å². The maximum Gasteiger partial charge on any atom is 0.171 e. The molecule has 16 heavy (non-hydrogen) atoms. The Labute approximate surface area is 103 Å². The Balaban J connectivity index is 2.56. The zero-order valence-electron chi connectivity index (χ0n) is 10.4. The van der Waals surface area contributed by atoms with Gasteiger partial charge < -0.3 is 10.6 Å². The van der Waals surface area contributed by atoms with E-state index in [0.717, 1.165) is 12.1 Å². The Morgan fingerprint density at radius 2 is 1.75 bits per heavy atom. The quantitative estimate of drug-likeness (QED) is 0.770. The summed E-state index contributed by atoms with van der Waals surface area (Å²) in [5, 5.41) is 7.05. The van der Waals surface area contributed by atoms with Crippen molar-refractivity contribution < 1.29 is 0 Å². The molecule has 0 fully saturated rings. The second kappa shape index (κ2) is 5.30. The summed E-state index contributed by atoms with van der Waals surface area (Å²) < 4.78 is 0. The van der Waals surface area contributed by atoms with Crippen LogP contribution in [0.3, 0.4) is 0 Å². The molecule has 0 atom stereocenters. The van der Waals surface area contributed by atoms with Crippen molar-refractivity contribution in [1.29, 1.82) is 0 Å². The van der Waals surface area contributed by atoms with Crippen LogP contribution in [0.4, 0.5) is 5.69 Å². The molecule has 0 amide bonds. The van der Waals surface area contributed by atoms with Gasteiger partial charge in [-0.15, -0.1) is 0 Å². The number of anilines is 1. The summed E-state index contributed by atoms with van der Waals surface area (Å²) in [7, 11) is 0. The molecule has 2 N–H and O–H groups in total. The number of aryl methyl sites for hydroxylation is 1. The van der Waals surface area contributed by atoms with E-state index < -0.39 is 0 Å². The lowest BCUT2D eigenvalue weighted by Gasteiger charge is -2.23. The average molecular weight is 236 g/mol. The van der Waals surface area contributed by atoms with Gasteiger partial charge in [0, 0.05) is 11.2 Å². The number of hydrogen-bond donors (Lipinski definition) is 2. The second-order valence-corrected chi connectivity index (χ2v) is 5.29. The molecule has 88 valence electrons.